The summed E-state index contributed by atoms with van der Waals surface area (Å²) in [5.74, 6) is -2.73. The molecule has 0 amide bonds. The average molecular weight is 330 g/mol. The second-order valence-corrected chi connectivity index (χ2v) is 5.47. The first-order chi connectivity index (χ1) is 10.7. The highest BCUT2D eigenvalue weighted by Crippen LogP contribution is 2.48. The summed E-state index contributed by atoms with van der Waals surface area (Å²) >= 11 is 0. The van der Waals surface area contributed by atoms with Gasteiger partial charge in [0.2, 0.25) is 5.95 Å². The second kappa shape index (κ2) is 4.94. The van der Waals surface area contributed by atoms with E-state index in [0.29, 0.717) is 5.82 Å². The van der Waals surface area contributed by atoms with Crippen LogP contribution in [0.5, 0.6) is 0 Å². The lowest BCUT2D eigenvalue weighted by Crippen LogP contribution is -2.46. The molecule has 0 aromatic carbocycles. The number of imidazole rings is 1. The number of nitrogens with two attached hydrogens (primary N) is 1. The molecule has 3 heterocycles. The van der Waals surface area contributed by atoms with Gasteiger partial charge in [0, 0.05) is 7.05 Å². The number of anilines is 2. The molecule has 23 heavy (non-hydrogen) atoms. The van der Waals surface area contributed by atoms with Gasteiger partial charge in [0.05, 0.1) is 6.33 Å². The minimum Gasteiger partial charge on any atom is -0.390 e. The molecule has 126 valence electrons. The Morgan fingerprint density at radius 1 is 1.48 bits per heavy atom. The first-order valence-corrected chi connectivity index (χ1v) is 6.77. The molecule has 11 heteroatoms. The van der Waals surface area contributed by atoms with Crippen molar-refractivity contribution in [2.75, 3.05) is 24.7 Å². The Labute approximate surface area is 129 Å². The van der Waals surface area contributed by atoms with Crippen LogP contribution < -0.4 is 11.1 Å². The minimum absolute atomic E-state index is 0.101. The Balaban J connectivity index is 2.16. The topological polar surface area (TPSA) is 131 Å². The van der Waals surface area contributed by atoms with Crippen LogP contribution in [-0.4, -0.2) is 61.0 Å². The zero-order chi connectivity index (χ0) is 17.0. The van der Waals surface area contributed by atoms with Crippen LogP contribution in [0.15, 0.2) is 6.33 Å². The normalized spacial score (nSPS) is 34.2. The van der Waals surface area contributed by atoms with E-state index in [0.717, 1.165) is 11.5 Å². The summed E-state index contributed by atoms with van der Waals surface area (Å²) in [5, 5.41) is 21.7. The lowest BCUT2D eigenvalue weighted by Gasteiger charge is -2.24. The largest absolute Gasteiger partial charge is 0.390 e. The van der Waals surface area contributed by atoms with Crippen LogP contribution in [0.4, 0.5) is 20.5 Å². The lowest BCUT2D eigenvalue weighted by atomic mass is 9.97. The Bertz CT molecular complexity index is 754. The van der Waals surface area contributed by atoms with Gasteiger partial charge in [-0.25, -0.2) is 13.8 Å². The fraction of sp³-hybridized carbons (Fsp3) is 0.583. The van der Waals surface area contributed by atoms with E-state index in [1.807, 2.05) is 0 Å². The van der Waals surface area contributed by atoms with Crippen LogP contribution in [0.3, 0.4) is 0 Å². The number of ether oxygens (including phenoxy) is 1. The smallest absolute Gasteiger partial charge is 0.263 e. The van der Waals surface area contributed by atoms with Gasteiger partial charge in [-0.1, -0.05) is 0 Å². The monoisotopic (exact) mass is 330 g/mol. The number of aromatic nitrogens is 4. The van der Waals surface area contributed by atoms with E-state index in [9.17, 15) is 13.9 Å². The summed E-state index contributed by atoms with van der Waals surface area (Å²) in [5.41, 5.74) is 3.44. The van der Waals surface area contributed by atoms with E-state index >= 15 is 0 Å². The molecule has 3 rings (SSSR count). The first kappa shape index (κ1) is 15.8. The summed E-state index contributed by atoms with van der Waals surface area (Å²) in [7, 11) is 1.59. The van der Waals surface area contributed by atoms with Crippen LogP contribution in [0, 0.1) is 0 Å². The Morgan fingerprint density at radius 2 is 2.17 bits per heavy atom. The summed E-state index contributed by atoms with van der Waals surface area (Å²) in [6, 6.07) is 0. The van der Waals surface area contributed by atoms with Crippen LogP contribution in [0.1, 0.15) is 13.2 Å². The SMILES string of the molecule is CNc1nc(N)nc2c1ncn2[C@@H]1O[C@](F)(CO)[C@@H](O)[C@@]1(C)F. The van der Waals surface area contributed by atoms with E-state index in [1.165, 1.54) is 6.33 Å². The van der Waals surface area contributed by atoms with Crippen molar-refractivity contribution in [1.29, 1.82) is 0 Å². The molecule has 1 aliphatic heterocycles. The van der Waals surface area contributed by atoms with Gasteiger partial charge in [-0.05, 0) is 6.92 Å². The molecule has 2 aromatic rings. The minimum atomic E-state index is -2.94. The number of nitrogens with one attached hydrogen (secondary N) is 1. The Morgan fingerprint density at radius 3 is 2.74 bits per heavy atom. The summed E-state index contributed by atoms with van der Waals surface area (Å²) in [6.45, 7) is -0.232. The van der Waals surface area contributed by atoms with Gasteiger partial charge in [-0.15, -0.1) is 0 Å². The number of hydrogen-bond donors (Lipinski definition) is 4. The predicted octanol–water partition coefficient (Wildman–Crippen LogP) is -0.274. The second-order valence-electron chi connectivity index (χ2n) is 5.47. The lowest BCUT2D eigenvalue weighted by molar-refractivity contribution is -0.206. The summed E-state index contributed by atoms with van der Waals surface area (Å²) < 4.78 is 35.2. The first-order valence-electron chi connectivity index (χ1n) is 6.77. The Kier molecular flexibility index (Phi) is 3.39. The molecule has 2 aromatic heterocycles. The number of aliphatic hydroxyl groups excluding tert-OH is 2. The fourth-order valence-corrected chi connectivity index (χ4v) is 2.65. The van der Waals surface area contributed by atoms with Crippen molar-refractivity contribution in [3.05, 3.63) is 6.33 Å². The quantitative estimate of drug-likeness (QED) is 0.604. The van der Waals surface area contributed by atoms with Crippen LogP contribution >= 0.6 is 0 Å². The number of hydrogen-bond acceptors (Lipinski definition) is 8. The molecule has 5 N–H and O–H groups in total. The molecule has 0 saturated carbocycles. The van der Waals surface area contributed by atoms with Crippen molar-refractivity contribution in [2.24, 2.45) is 0 Å². The van der Waals surface area contributed by atoms with Crippen LogP contribution in [-0.2, 0) is 4.74 Å². The van der Waals surface area contributed by atoms with Gasteiger partial charge in [0.1, 0.15) is 6.61 Å². The van der Waals surface area contributed by atoms with Crippen molar-refractivity contribution < 1.29 is 23.7 Å². The highest BCUT2D eigenvalue weighted by atomic mass is 19.2. The zero-order valence-corrected chi connectivity index (χ0v) is 12.4. The maximum atomic E-state index is 14.9. The molecule has 0 unspecified atom stereocenters. The van der Waals surface area contributed by atoms with Gasteiger partial charge in [-0.2, -0.15) is 9.97 Å². The maximum Gasteiger partial charge on any atom is 0.263 e. The molecular weight excluding hydrogens is 314 g/mol. The predicted molar refractivity (Wildman–Crippen MR) is 75.8 cm³/mol. The number of halogens is 2. The standard InChI is InChI=1S/C12H16F2N6O3/c1-11(13)8(22)12(14,3-21)23-9(11)20-4-17-5-6(16-2)18-10(15)19-7(5)20/h4,8-9,21-22H,3H2,1-2H3,(H3,15,16,18,19)/t8-,9+,11+,12+/m0/s1. The van der Waals surface area contributed by atoms with E-state index in [1.54, 1.807) is 7.05 Å². The molecule has 1 fully saturated rings. The average Bonchev–Trinajstić information content (AvgIpc) is 3.00. The molecule has 0 spiro atoms. The summed E-state index contributed by atoms with van der Waals surface area (Å²) in [6.07, 6.45) is -2.61. The molecule has 4 atom stereocenters. The zero-order valence-electron chi connectivity index (χ0n) is 12.4. The highest BCUT2D eigenvalue weighted by Gasteiger charge is 2.64. The van der Waals surface area contributed by atoms with Crippen molar-refractivity contribution >= 4 is 22.9 Å². The molecular formula is C12H16F2N6O3. The van der Waals surface area contributed by atoms with E-state index < -0.39 is 30.5 Å². The maximum absolute atomic E-state index is 14.9. The third-order valence-corrected chi connectivity index (χ3v) is 3.88. The van der Waals surface area contributed by atoms with Crippen molar-refractivity contribution in [3.63, 3.8) is 0 Å². The van der Waals surface area contributed by atoms with Gasteiger partial charge in [0.15, 0.2) is 35.0 Å². The summed E-state index contributed by atoms with van der Waals surface area (Å²) in [4.78, 5) is 12.0. The number of nitrogens with zero attached hydrogens (tertiary/aromatic N) is 4. The van der Waals surface area contributed by atoms with Gasteiger partial charge < -0.3 is 26.0 Å². The fourth-order valence-electron chi connectivity index (χ4n) is 2.65. The van der Waals surface area contributed by atoms with Gasteiger partial charge in [0.25, 0.3) is 5.85 Å². The number of fused-ring (bicyclic) bond motifs is 1. The highest BCUT2D eigenvalue weighted by molar-refractivity contribution is 5.84. The molecule has 9 nitrogen and oxygen atoms in total. The number of alkyl halides is 2. The van der Waals surface area contributed by atoms with E-state index in [-0.39, 0.29) is 17.1 Å². The molecule has 0 aliphatic carbocycles. The third kappa shape index (κ3) is 2.11. The molecule has 0 radical (unpaired) electrons. The molecule has 0 bridgehead atoms. The molecule has 1 aliphatic rings. The molecule has 1 saturated heterocycles. The van der Waals surface area contributed by atoms with E-state index in [2.05, 4.69) is 20.3 Å². The third-order valence-electron chi connectivity index (χ3n) is 3.88. The van der Waals surface area contributed by atoms with Crippen LogP contribution in [0.2, 0.25) is 0 Å². The van der Waals surface area contributed by atoms with Crippen molar-refractivity contribution in [2.45, 2.75) is 30.8 Å². The van der Waals surface area contributed by atoms with Gasteiger partial charge >= 0.3 is 0 Å². The van der Waals surface area contributed by atoms with Crippen molar-refractivity contribution in [3.8, 4) is 0 Å². The van der Waals surface area contributed by atoms with Gasteiger partial charge in [-0.3, -0.25) is 4.57 Å². The number of nitrogen functional groups attached to an aromatic ring is 1. The van der Waals surface area contributed by atoms with Crippen molar-refractivity contribution in [1.82, 2.24) is 19.5 Å². The van der Waals surface area contributed by atoms with Crippen LogP contribution in [0.25, 0.3) is 11.2 Å². The number of aliphatic hydroxyl groups is 2. The Hall–Kier alpha value is -2.11. The van der Waals surface area contributed by atoms with E-state index in [4.69, 9.17) is 15.6 Å². The number of rotatable bonds is 3.